The molecule has 0 atom stereocenters. The summed E-state index contributed by atoms with van der Waals surface area (Å²) >= 11 is 24.2. The number of carbonyl (C=O) groups excluding carboxylic acids is 1. The molecule has 0 bridgehead atoms. The molecule has 0 aliphatic carbocycles. The van der Waals surface area contributed by atoms with Crippen molar-refractivity contribution >= 4 is 57.9 Å². The van der Waals surface area contributed by atoms with Crippen LogP contribution in [0, 0.1) is 0 Å². The van der Waals surface area contributed by atoms with E-state index in [9.17, 15) is 4.79 Å². The summed E-state index contributed by atoms with van der Waals surface area (Å²) in [7, 11) is 0. The van der Waals surface area contributed by atoms with Crippen LogP contribution in [0.1, 0.15) is 69.3 Å². The molecule has 9 heteroatoms. The third kappa shape index (κ3) is 12.4. The van der Waals surface area contributed by atoms with Crippen molar-refractivity contribution in [2.75, 3.05) is 13.2 Å². The third-order valence-electron chi connectivity index (χ3n) is 6.66. The molecular weight excluding hydrogens is 652 g/mol. The van der Waals surface area contributed by atoms with Gasteiger partial charge < -0.3 is 15.4 Å². The molecule has 0 fully saturated rings. The van der Waals surface area contributed by atoms with Gasteiger partial charge in [-0.3, -0.25) is 4.79 Å². The highest BCUT2D eigenvalue weighted by Crippen LogP contribution is 2.32. The normalized spacial score (nSPS) is 10.7. The summed E-state index contributed by atoms with van der Waals surface area (Å²) < 4.78 is 0. The molecule has 45 heavy (non-hydrogen) atoms. The minimum absolute atomic E-state index is 0. The molecule has 0 amide bonds. The van der Waals surface area contributed by atoms with E-state index in [1.165, 1.54) is 0 Å². The fourth-order valence-corrected chi connectivity index (χ4v) is 5.36. The van der Waals surface area contributed by atoms with Gasteiger partial charge in [0.05, 0.1) is 5.71 Å². The Morgan fingerprint density at radius 1 is 0.578 bits per heavy atom. The lowest BCUT2D eigenvalue weighted by Gasteiger charge is -2.08. The lowest BCUT2D eigenvalue weighted by molar-refractivity contribution is 0.0977. The van der Waals surface area contributed by atoms with E-state index in [-0.39, 0.29) is 33.9 Å². The van der Waals surface area contributed by atoms with E-state index in [0.29, 0.717) is 63.5 Å². The highest BCUT2D eigenvalue weighted by atomic mass is 35.5. The average Bonchev–Trinajstić information content (AvgIpc) is 3.00. The van der Waals surface area contributed by atoms with Crippen LogP contribution in [0.5, 0.6) is 0 Å². The van der Waals surface area contributed by atoms with Crippen LogP contribution in [0.2, 0.25) is 20.1 Å². The second-order valence-electron chi connectivity index (χ2n) is 9.73. The van der Waals surface area contributed by atoms with Crippen LogP contribution < -0.4 is 0 Å². The molecule has 0 aliphatic rings. The standard InChI is InChI=1S/C17H17Cl2NO2.C17H16Cl2O2.2CH4/c18-14-8-9-15(16(19)11-14)12-4-6-13(7-5-12)17(20-22)3-1-2-10-21;18-14-8-9-15(16(19)11-14)12-4-6-13(7-5-12)17(21)3-1-2-10-20;;/h4-9,11,21-22H,1-3,10H2;4-9,11,20H,1-3,10H2;2*1H4/b20-17+;;;. The Hall–Kier alpha value is -2.90. The summed E-state index contributed by atoms with van der Waals surface area (Å²) in [5, 5.41) is 32.4. The molecule has 3 N–H and O–H groups in total. The molecule has 0 heterocycles. The second kappa shape index (κ2) is 21.0. The Morgan fingerprint density at radius 2 is 1.00 bits per heavy atom. The van der Waals surface area contributed by atoms with Crippen molar-refractivity contribution < 1.29 is 20.2 Å². The van der Waals surface area contributed by atoms with Crippen molar-refractivity contribution in [3.63, 3.8) is 0 Å². The number of nitrogens with zero attached hydrogens (tertiary/aromatic N) is 1. The molecule has 4 rings (SSSR count). The number of benzene rings is 4. The number of unbranched alkanes of at least 4 members (excludes halogenated alkanes) is 2. The molecule has 4 aromatic rings. The molecular formula is C36H41Cl4NO4. The number of aliphatic hydroxyl groups is 2. The Balaban J connectivity index is 0.000000431. The van der Waals surface area contributed by atoms with Gasteiger partial charge in [0.25, 0.3) is 0 Å². The number of carbonyl (C=O) groups is 1. The van der Waals surface area contributed by atoms with Crippen molar-refractivity contribution in [1.29, 1.82) is 0 Å². The van der Waals surface area contributed by atoms with Gasteiger partial charge in [-0.1, -0.05) is 127 Å². The largest absolute Gasteiger partial charge is 0.411 e. The van der Waals surface area contributed by atoms with Crippen LogP contribution in [0.15, 0.2) is 90.1 Å². The van der Waals surface area contributed by atoms with Crippen molar-refractivity contribution in [3.8, 4) is 22.3 Å². The van der Waals surface area contributed by atoms with Gasteiger partial charge in [-0.05, 0) is 73.1 Å². The van der Waals surface area contributed by atoms with E-state index < -0.39 is 0 Å². The first-order chi connectivity index (χ1) is 20.8. The van der Waals surface area contributed by atoms with Crippen LogP contribution >= 0.6 is 46.4 Å². The minimum Gasteiger partial charge on any atom is -0.411 e. The molecule has 4 aromatic carbocycles. The number of aliphatic hydroxyl groups excluding tert-OH is 2. The first kappa shape index (κ1) is 40.1. The number of hydrogen-bond acceptors (Lipinski definition) is 5. The fourth-order valence-electron chi connectivity index (χ4n) is 4.32. The van der Waals surface area contributed by atoms with E-state index in [4.69, 9.17) is 61.8 Å². The van der Waals surface area contributed by atoms with Gasteiger partial charge in [-0.2, -0.15) is 0 Å². The van der Waals surface area contributed by atoms with E-state index in [1.807, 2.05) is 60.7 Å². The maximum atomic E-state index is 12.0. The summed E-state index contributed by atoms with van der Waals surface area (Å²) in [6.45, 7) is 0.272. The zero-order chi connectivity index (χ0) is 31.2. The molecule has 0 radical (unpaired) electrons. The van der Waals surface area contributed by atoms with Crippen LogP contribution in [-0.4, -0.2) is 40.1 Å². The number of Topliss-reactive ketones (excluding diaryl/α,β-unsaturated/α-hetero) is 1. The molecule has 5 nitrogen and oxygen atoms in total. The minimum atomic E-state index is 0. The molecule has 0 aliphatic heterocycles. The predicted molar refractivity (Wildman–Crippen MR) is 192 cm³/mol. The van der Waals surface area contributed by atoms with E-state index in [1.54, 1.807) is 24.3 Å². The number of ketones is 1. The van der Waals surface area contributed by atoms with Gasteiger partial charge >= 0.3 is 0 Å². The fraction of sp³-hybridized carbons (Fsp3) is 0.278. The number of hydrogen-bond donors (Lipinski definition) is 3. The lowest BCUT2D eigenvalue weighted by Crippen LogP contribution is -2.01. The summed E-state index contributed by atoms with van der Waals surface area (Å²) in [6.07, 6.45) is 3.92. The zero-order valence-electron chi connectivity index (χ0n) is 23.4. The van der Waals surface area contributed by atoms with Gasteiger partial charge in [-0.15, -0.1) is 0 Å². The van der Waals surface area contributed by atoms with Gasteiger partial charge in [0.1, 0.15) is 0 Å². The van der Waals surface area contributed by atoms with Gasteiger partial charge in [-0.25, -0.2) is 0 Å². The zero-order valence-corrected chi connectivity index (χ0v) is 26.5. The first-order valence-corrected chi connectivity index (χ1v) is 15.4. The average molecular weight is 694 g/mol. The molecule has 0 unspecified atom stereocenters. The maximum absolute atomic E-state index is 12.0. The SMILES string of the molecule is C.C.O=C(CCCCO)c1ccc(-c2ccc(Cl)cc2Cl)cc1.OCCCC/C(=N\O)c1ccc(-c2ccc(Cl)cc2Cl)cc1. The number of rotatable bonds is 12. The second-order valence-corrected chi connectivity index (χ2v) is 11.4. The lowest BCUT2D eigenvalue weighted by atomic mass is 10.00. The Bertz CT molecular complexity index is 1510. The Kier molecular flexibility index (Phi) is 18.7. The quantitative estimate of drug-likeness (QED) is 0.0453. The van der Waals surface area contributed by atoms with Crippen molar-refractivity contribution in [2.45, 2.75) is 53.4 Å². The molecule has 0 saturated heterocycles. The highest BCUT2D eigenvalue weighted by Gasteiger charge is 2.09. The molecule has 0 aromatic heterocycles. The summed E-state index contributed by atoms with van der Waals surface area (Å²) in [5.41, 5.74) is 5.86. The van der Waals surface area contributed by atoms with Crippen LogP contribution in [0.3, 0.4) is 0 Å². The number of oxime groups is 1. The van der Waals surface area contributed by atoms with Gasteiger partial charge in [0.2, 0.25) is 0 Å². The molecule has 0 spiro atoms. The van der Waals surface area contributed by atoms with E-state index >= 15 is 0 Å². The van der Waals surface area contributed by atoms with Gasteiger partial charge in [0, 0.05) is 56.4 Å². The molecule has 242 valence electrons. The van der Waals surface area contributed by atoms with Crippen molar-refractivity contribution in [2.24, 2.45) is 5.16 Å². The Labute approximate surface area is 287 Å². The monoisotopic (exact) mass is 691 g/mol. The maximum Gasteiger partial charge on any atom is 0.162 e. The predicted octanol–water partition coefficient (Wildman–Crippen LogP) is 11.3. The van der Waals surface area contributed by atoms with Crippen molar-refractivity contribution in [1.82, 2.24) is 0 Å². The van der Waals surface area contributed by atoms with Crippen LogP contribution in [0.4, 0.5) is 0 Å². The first-order valence-electron chi connectivity index (χ1n) is 13.8. The third-order valence-corrected chi connectivity index (χ3v) is 7.76. The summed E-state index contributed by atoms with van der Waals surface area (Å²) in [5.74, 6) is 0.0946. The molecule has 0 saturated carbocycles. The highest BCUT2D eigenvalue weighted by molar-refractivity contribution is 6.37. The summed E-state index contributed by atoms with van der Waals surface area (Å²) in [4.78, 5) is 12.0. The number of halogens is 4. The topological polar surface area (TPSA) is 90.1 Å². The van der Waals surface area contributed by atoms with Crippen LogP contribution in [0.25, 0.3) is 22.3 Å². The smallest absolute Gasteiger partial charge is 0.162 e. The van der Waals surface area contributed by atoms with Crippen LogP contribution in [-0.2, 0) is 0 Å². The van der Waals surface area contributed by atoms with E-state index in [2.05, 4.69) is 5.16 Å². The van der Waals surface area contributed by atoms with E-state index in [0.717, 1.165) is 34.2 Å². The Morgan fingerprint density at radius 3 is 1.40 bits per heavy atom. The van der Waals surface area contributed by atoms with Gasteiger partial charge in [0.15, 0.2) is 5.78 Å². The van der Waals surface area contributed by atoms with Crippen molar-refractivity contribution in [3.05, 3.63) is 116 Å². The summed E-state index contributed by atoms with van der Waals surface area (Å²) in [6, 6.07) is 25.8.